The highest BCUT2D eigenvalue weighted by Gasteiger charge is 2.23. The van der Waals surface area contributed by atoms with Gasteiger partial charge in [-0.3, -0.25) is 14.9 Å². The first-order valence-corrected chi connectivity index (χ1v) is 11.2. The molecule has 0 spiro atoms. The van der Waals surface area contributed by atoms with Crippen LogP contribution >= 0.6 is 0 Å². The summed E-state index contributed by atoms with van der Waals surface area (Å²) in [5.74, 6) is 0.794. The molecule has 0 unspecified atom stereocenters. The van der Waals surface area contributed by atoms with Gasteiger partial charge in [-0.25, -0.2) is 0 Å². The summed E-state index contributed by atoms with van der Waals surface area (Å²) in [6.07, 6.45) is 2.03. The van der Waals surface area contributed by atoms with Gasteiger partial charge in [0.15, 0.2) is 11.5 Å². The summed E-state index contributed by atoms with van der Waals surface area (Å²) in [6, 6.07) is 19.9. The van der Waals surface area contributed by atoms with Crippen molar-refractivity contribution < 1.29 is 19.2 Å². The normalized spacial score (nSPS) is 12.9. The number of nitrogens with zero attached hydrogens (tertiary/aromatic N) is 2. The minimum absolute atomic E-state index is 0.0452. The first kappa shape index (κ1) is 23.1. The van der Waals surface area contributed by atoms with Crippen LogP contribution in [0, 0.1) is 10.1 Å². The van der Waals surface area contributed by atoms with Gasteiger partial charge in [0.1, 0.15) is 12.3 Å². The number of nitrogens with one attached hydrogen (secondary N) is 1. The van der Waals surface area contributed by atoms with E-state index >= 15 is 0 Å². The molecule has 1 aliphatic heterocycles. The van der Waals surface area contributed by atoms with Crippen molar-refractivity contribution in [1.29, 1.82) is 0 Å². The molecule has 4 rings (SSSR count). The van der Waals surface area contributed by atoms with E-state index in [4.69, 9.17) is 9.47 Å². The fourth-order valence-corrected chi connectivity index (χ4v) is 4.00. The van der Waals surface area contributed by atoms with Crippen LogP contribution < -0.4 is 19.7 Å². The second kappa shape index (κ2) is 10.7. The van der Waals surface area contributed by atoms with E-state index in [-0.39, 0.29) is 23.7 Å². The summed E-state index contributed by atoms with van der Waals surface area (Å²) >= 11 is 0. The molecular weight excluding hydrogens is 434 g/mol. The summed E-state index contributed by atoms with van der Waals surface area (Å²) in [5.41, 5.74) is 2.64. The van der Waals surface area contributed by atoms with Gasteiger partial charge in [-0.1, -0.05) is 36.4 Å². The number of benzene rings is 3. The molecule has 3 aromatic rings. The standard InChI is InChI=1S/C26H27N3O5/c1-33-25-15-20(9-12-24(25)34-18-19-7-3-2-4-8-19)17-27-26(30)21-10-11-22(23(16-21)29(31)32)28-13-5-6-14-28/h2-4,7-12,15-16H,5-6,13-14,17-18H2,1H3,(H,27,30). The highest BCUT2D eigenvalue weighted by Crippen LogP contribution is 2.32. The maximum absolute atomic E-state index is 12.7. The fourth-order valence-electron chi connectivity index (χ4n) is 4.00. The molecule has 0 aromatic heterocycles. The SMILES string of the molecule is COc1cc(CNC(=O)c2ccc(N3CCCC3)c([N+](=O)[O-])c2)ccc1OCc1ccccc1. The average Bonchev–Trinajstić information content (AvgIpc) is 3.41. The number of nitro groups is 1. The van der Waals surface area contributed by atoms with Gasteiger partial charge in [-0.15, -0.1) is 0 Å². The number of hydrogen-bond donors (Lipinski definition) is 1. The highest BCUT2D eigenvalue weighted by atomic mass is 16.6. The molecule has 1 fully saturated rings. The molecule has 0 bridgehead atoms. The predicted octanol–water partition coefficient (Wildman–Crippen LogP) is 4.71. The van der Waals surface area contributed by atoms with Crippen LogP contribution in [0.5, 0.6) is 11.5 Å². The summed E-state index contributed by atoms with van der Waals surface area (Å²) in [6.45, 7) is 2.24. The van der Waals surface area contributed by atoms with Crippen LogP contribution in [0.2, 0.25) is 0 Å². The summed E-state index contributed by atoms with van der Waals surface area (Å²) < 4.78 is 11.3. The topological polar surface area (TPSA) is 93.9 Å². The smallest absolute Gasteiger partial charge is 0.293 e. The van der Waals surface area contributed by atoms with Gasteiger partial charge in [0.2, 0.25) is 0 Å². The minimum atomic E-state index is -0.427. The zero-order chi connectivity index (χ0) is 23.9. The monoisotopic (exact) mass is 461 g/mol. The third-order valence-electron chi connectivity index (χ3n) is 5.80. The van der Waals surface area contributed by atoms with Crippen LogP contribution in [-0.4, -0.2) is 31.0 Å². The van der Waals surface area contributed by atoms with E-state index < -0.39 is 4.92 Å². The lowest BCUT2D eigenvalue weighted by atomic mass is 10.1. The van der Waals surface area contributed by atoms with Crippen LogP contribution in [0.25, 0.3) is 0 Å². The second-order valence-corrected chi connectivity index (χ2v) is 8.10. The Bertz CT molecular complexity index is 1160. The number of anilines is 1. The maximum Gasteiger partial charge on any atom is 0.293 e. The molecule has 176 valence electrons. The Balaban J connectivity index is 1.41. The van der Waals surface area contributed by atoms with Crippen molar-refractivity contribution in [3.63, 3.8) is 0 Å². The first-order valence-electron chi connectivity index (χ1n) is 11.2. The number of hydrogen-bond acceptors (Lipinski definition) is 6. The average molecular weight is 462 g/mol. The molecule has 1 saturated heterocycles. The summed E-state index contributed by atoms with van der Waals surface area (Å²) in [7, 11) is 1.56. The molecule has 1 N–H and O–H groups in total. The molecule has 0 radical (unpaired) electrons. The Kier molecular flexibility index (Phi) is 7.27. The molecule has 3 aromatic carbocycles. The Morgan fingerprint density at radius 2 is 1.76 bits per heavy atom. The Hall–Kier alpha value is -4.07. The minimum Gasteiger partial charge on any atom is -0.493 e. The van der Waals surface area contributed by atoms with Crippen molar-refractivity contribution in [3.8, 4) is 11.5 Å². The molecule has 8 nitrogen and oxygen atoms in total. The highest BCUT2D eigenvalue weighted by molar-refractivity contribution is 5.95. The van der Waals surface area contributed by atoms with Crippen LogP contribution in [0.15, 0.2) is 66.7 Å². The number of carbonyl (C=O) groups excluding carboxylic acids is 1. The van der Waals surface area contributed by atoms with Gasteiger partial charge >= 0.3 is 0 Å². The predicted molar refractivity (Wildman–Crippen MR) is 129 cm³/mol. The number of rotatable bonds is 9. The van der Waals surface area contributed by atoms with Crippen molar-refractivity contribution in [2.24, 2.45) is 0 Å². The van der Waals surface area contributed by atoms with E-state index in [2.05, 4.69) is 5.32 Å². The van der Waals surface area contributed by atoms with Crippen molar-refractivity contribution in [1.82, 2.24) is 5.32 Å². The third-order valence-corrected chi connectivity index (χ3v) is 5.80. The molecule has 0 aliphatic carbocycles. The zero-order valence-electron chi connectivity index (χ0n) is 19.0. The molecule has 34 heavy (non-hydrogen) atoms. The van der Waals surface area contributed by atoms with E-state index in [1.54, 1.807) is 31.4 Å². The van der Waals surface area contributed by atoms with Crippen LogP contribution in [0.3, 0.4) is 0 Å². The lowest BCUT2D eigenvalue weighted by Gasteiger charge is -2.18. The fraction of sp³-hybridized carbons (Fsp3) is 0.269. The molecular formula is C26H27N3O5. The lowest BCUT2D eigenvalue weighted by Crippen LogP contribution is -2.24. The number of methoxy groups -OCH3 is 1. The number of ether oxygens (including phenoxy) is 2. The molecule has 1 heterocycles. The molecule has 1 aliphatic rings. The second-order valence-electron chi connectivity index (χ2n) is 8.10. The molecule has 1 amide bonds. The van der Waals surface area contributed by atoms with Gasteiger partial charge < -0.3 is 19.7 Å². The van der Waals surface area contributed by atoms with Gasteiger partial charge in [0.25, 0.3) is 11.6 Å². The molecule has 8 heteroatoms. The van der Waals surface area contributed by atoms with Gasteiger partial charge in [-0.2, -0.15) is 0 Å². The van der Waals surface area contributed by atoms with Crippen LogP contribution in [0.1, 0.15) is 34.3 Å². The van der Waals surface area contributed by atoms with Gasteiger partial charge in [-0.05, 0) is 48.2 Å². The number of nitro benzene ring substituents is 1. The maximum atomic E-state index is 12.7. The quantitative estimate of drug-likeness (QED) is 0.366. The van der Waals surface area contributed by atoms with Crippen LogP contribution in [-0.2, 0) is 13.2 Å². The van der Waals surface area contributed by atoms with Crippen molar-refractivity contribution in [3.05, 3.63) is 93.5 Å². The number of amides is 1. The Labute approximate surface area is 198 Å². The van der Waals surface area contributed by atoms with E-state index in [0.29, 0.717) is 23.8 Å². The lowest BCUT2D eigenvalue weighted by molar-refractivity contribution is -0.384. The third kappa shape index (κ3) is 5.46. The summed E-state index contributed by atoms with van der Waals surface area (Å²) in [5, 5.41) is 14.4. The largest absolute Gasteiger partial charge is 0.493 e. The van der Waals surface area contributed by atoms with Crippen LogP contribution in [0.4, 0.5) is 11.4 Å². The zero-order valence-corrected chi connectivity index (χ0v) is 19.0. The van der Waals surface area contributed by atoms with E-state index in [0.717, 1.165) is 37.1 Å². The molecule has 0 atom stereocenters. The molecule has 0 saturated carbocycles. The Morgan fingerprint density at radius 1 is 1.00 bits per heavy atom. The van der Waals surface area contributed by atoms with Crippen molar-refractivity contribution in [2.75, 3.05) is 25.1 Å². The van der Waals surface area contributed by atoms with Gasteiger partial charge in [0.05, 0.1) is 12.0 Å². The van der Waals surface area contributed by atoms with E-state index in [1.807, 2.05) is 41.3 Å². The van der Waals surface area contributed by atoms with E-state index in [1.165, 1.54) is 6.07 Å². The Morgan fingerprint density at radius 3 is 2.47 bits per heavy atom. The van der Waals surface area contributed by atoms with Crippen molar-refractivity contribution in [2.45, 2.75) is 26.0 Å². The number of carbonyl (C=O) groups is 1. The van der Waals surface area contributed by atoms with Gasteiger partial charge in [0, 0.05) is 31.3 Å². The van der Waals surface area contributed by atoms with E-state index in [9.17, 15) is 14.9 Å². The first-order chi connectivity index (χ1) is 16.5. The van der Waals surface area contributed by atoms with Crippen molar-refractivity contribution >= 4 is 17.3 Å². The summed E-state index contributed by atoms with van der Waals surface area (Å²) in [4.78, 5) is 25.9.